The third kappa shape index (κ3) is 4.17. The standard InChI is InChI=1S/C21H21NO5/c1-3-22(4-2)12-20(24)27-16-9-10-17-19(11-16)26-13-18(21(17)25)14-5-7-15(23)8-6-14/h5-11,13,23H,3-4,12H2,1-2H3. The molecule has 0 atom stereocenters. The van der Waals surface area contributed by atoms with Crippen LogP contribution in [-0.4, -0.2) is 35.6 Å². The van der Waals surface area contributed by atoms with Gasteiger partial charge >= 0.3 is 5.97 Å². The number of fused-ring (bicyclic) bond motifs is 1. The fraction of sp³-hybridized carbons (Fsp3) is 0.238. The molecular formula is C21H21NO5. The second-order valence-electron chi connectivity index (χ2n) is 6.12. The number of nitrogens with zero attached hydrogens (tertiary/aromatic N) is 1. The van der Waals surface area contributed by atoms with Crippen LogP contribution in [0.1, 0.15) is 13.8 Å². The van der Waals surface area contributed by atoms with Crippen LogP contribution in [0, 0.1) is 0 Å². The molecule has 3 rings (SSSR count). The van der Waals surface area contributed by atoms with E-state index in [9.17, 15) is 14.7 Å². The van der Waals surface area contributed by atoms with Gasteiger partial charge in [-0.1, -0.05) is 26.0 Å². The number of likely N-dealkylation sites (N-methyl/N-ethyl adjacent to an activating group) is 1. The molecule has 1 N–H and O–H groups in total. The molecule has 0 saturated carbocycles. The smallest absolute Gasteiger partial charge is 0.325 e. The van der Waals surface area contributed by atoms with E-state index in [-0.39, 0.29) is 23.7 Å². The minimum atomic E-state index is -0.360. The number of aromatic hydroxyl groups is 1. The monoisotopic (exact) mass is 367 g/mol. The van der Waals surface area contributed by atoms with Crippen molar-refractivity contribution < 1.29 is 19.1 Å². The van der Waals surface area contributed by atoms with Crippen molar-refractivity contribution in [2.75, 3.05) is 19.6 Å². The third-order valence-corrected chi connectivity index (χ3v) is 4.40. The Kier molecular flexibility index (Phi) is 5.57. The van der Waals surface area contributed by atoms with Crippen LogP contribution in [-0.2, 0) is 4.79 Å². The zero-order valence-corrected chi connectivity index (χ0v) is 15.3. The molecule has 0 aliphatic rings. The lowest BCUT2D eigenvalue weighted by molar-refractivity contribution is -0.135. The minimum Gasteiger partial charge on any atom is -0.508 e. The maximum atomic E-state index is 12.7. The Labute approximate surface area is 156 Å². The molecule has 0 saturated heterocycles. The van der Waals surface area contributed by atoms with Crippen LogP contribution in [0.15, 0.2) is 57.9 Å². The van der Waals surface area contributed by atoms with Crippen LogP contribution in [0.3, 0.4) is 0 Å². The molecule has 0 aliphatic heterocycles. The highest BCUT2D eigenvalue weighted by Gasteiger charge is 2.13. The van der Waals surface area contributed by atoms with Crippen molar-refractivity contribution in [3.63, 3.8) is 0 Å². The molecule has 1 aromatic heterocycles. The lowest BCUT2D eigenvalue weighted by atomic mass is 10.1. The van der Waals surface area contributed by atoms with E-state index in [1.165, 1.54) is 24.5 Å². The fourth-order valence-electron chi connectivity index (χ4n) is 2.81. The first-order chi connectivity index (χ1) is 13.0. The Morgan fingerprint density at radius 3 is 2.48 bits per heavy atom. The molecule has 140 valence electrons. The molecule has 1 heterocycles. The molecule has 2 aromatic carbocycles. The molecular weight excluding hydrogens is 346 g/mol. The van der Waals surface area contributed by atoms with Gasteiger partial charge in [0.25, 0.3) is 0 Å². The van der Waals surface area contributed by atoms with Gasteiger partial charge < -0.3 is 14.3 Å². The molecule has 0 spiro atoms. The Morgan fingerprint density at radius 2 is 1.81 bits per heavy atom. The summed E-state index contributed by atoms with van der Waals surface area (Å²) in [5, 5.41) is 9.78. The van der Waals surface area contributed by atoms with Gasteiger partial charge in [0.1, 0.15) is 23.3 Å². The number of hydrogen-bond acceptors (Lipinski definition) is 6. The van der Waals surface area contributed by atoms with Gasteiger partial charge in [0.05, 0.1) is 17.5 Å². The summed E-state index contributed by atoms with van der Waals surface area (Å²) in [5.41, 5.74) is 1.20. The van der Waals surface area contributed by atoms with E-state index in [1.807, 2.05) is 18.7 Å². The van der Waals surface area contributed by atoms with Gasteiger partial charge in [-0.25, -0.2) is 0 Å². The van der Waals surface area contributed by atoms with E-state index in [0.29, 0.717) is 27.8 Å². The van der Waals surface area contributed by atoms with Crippen molar-refractivity contribution >= 4 is 16.9 Å². The summed E-state index contributed by atoms with van der Waals surface area (Å²) in [7, 11) is 0. The summed E-state index contributed by atoms with van der Waals surface area (Å²) in [6.07, 6.45) is 1.37. The first-order valence-corrected chi connectivity index (χ1v) is 8.79. The van der Waals surface area contributed by atoms with Gasteiger partial charge in [-0.15, -0.1) is 0 Å². The average Bonchev–Trinajstić information content (AvgIpc) is 2.67. The summed E-state index contributed by atoms with van der Waals surface area (Å²) in [6, 6.07) is 11.0. The van der Waals surface area contributed by atoms with Gasteiger partial charge in [0, 0.05) is 6.07 Å². The van der Waals surface area contributed by atoms with Crippen LogP contribution in [0.4, 0.5) is 0 Å². The number of hydrogen-bond donors (Lipinski definition) is 1. The van der Waals surface area contributed by atoms with Crippen molar-refractivity contribution in [1.29, 1.82) is 0 Å². The molecule has 6 nitrogen and oxygen atoms in total. The normalized spacial score (nSPS) is 11.1. The fourth-order valence-corrected chi connectivity index (χ4v) is 2.81. The number of esters is 1. The van der Waals surface area contributed by atoms with Gasteiger partial charge in [0.2, 0.25) is 0 Å². The van der Waals surface area contributed by atoms with Gasteiger partial charge in [-0.2, -0.15) is 0 Å². The van der Waals surface area contributed by atoms with E-state index < -0.39 is 0 Å². The van der Waals surface area contributed by atoms with E-state index in [4.69, 9.17) is 9.15 Å². The quantitative estimate of drug-likeness (QED) is 0.531. The third-order valence-electron chi connectivity index (χ3n) is 4.40. The summed E-state index contributed by atoms with van der Waals surface area (Å²) >= 11 is 0. The first-order valence-electron chi connectivity index (χ1n) is 8.79. The minimum absolute atomic E-state index is 0.125. The molecule has 3 aromatic rings. The van der Waals surface area contributed by atoms with Crippen LogP contribution in [0.25, 0.3) is 22.1 Å². The lowest BCUT2D eigenvalue weighted by Gasteiger charge is -2.16. The maximum Gasteiger partial charge on any atom is 0.325 e. The van der Waals surface area contributed by atoms with E-state index in [2.05, 4.69) is 0 Å². The van der Waals surface area contributed by atoms with Crippen molar-refractivity contribution in [2.24, 2.45) is 0 Å². The molecule has 0 aliphatic carbocycles. The zero-order chi connectivity index (χ0) is 19.4. The van der Waals surface area contributed by atoms with Crippen LogP contribution in [0.2, 0.25) is 0 Å². The lowest BCUT2D eigenvalue weighted by Crippen LogP contribution is -2.31. The van der Waals surface area contributed by atoms with Crippen LogP contribution >= 0.6 is 0 Å². The van der Waals surface area contributed by atoms with Crippen molar-refractivity contribution in [3.05, 3.63) is 59.0 Å². The number of benzene rings is 2. The molecule has 0 radical (unpaired) electrons. The van der Waals surface area contributed by atoms with E-state index in [0.717, 1.165) is 13.1 Å². The van der Waals surface area contributed by atoms with Crippen molar-refractivity contribution in [1.82, 2.24) is 4.90 Å². The number of phenolic OH excluding ortho intramolecular Hbond substituents is 1. The van der Waals surface area contributed by atoms with E-state index in [1.54, 1.807) is 24.3 Å². The predicted octanol–water partition coefficient (Wildman–Crippen LogP) is 3.41. The van der Waals surface area contributed by atoms with Gasteiger partial charge in [-0.05, 0) is 42.9 Å². The highest BCUT2D eigenvalue weighted by molar-refractivity contribution is 5.83. The summed E-state index contributed by atoms with van der Waals surface area (Å²) < 4.78 is 10.9. The Balaban J connectivity index is 1.87. The number of phenols is 1. The predicted molar refractivity (Wildman–Crippen MR) is 103 cm³/mol. The summed E-state index contributed by atoms with van der Waals surface area (Å²) in [4.78, 5) is 26.7. The largest absolute Gasteiger partial charge is 0.508 e. The highest BCUT2D eigenvalue weighted by Crippen LogP contribution is 2.24. The summed E-state index contributed by atoms with van der Waals surface area (Å²) in [5.74, 6) is 0.0985. The molecule has 6 heteroatoms. The van der Waals surface area contributed by atoms with Crippen LogP contribution < -0.4 is 10.2 Å². The number of carbonyl (C=O) groups is 1. The summed E-state index contributed by atoms with van der Waals surface area (Å²) in [6.45, 7) is 5.69. The number of rotatable bonds is 6. The molecule has 0 unspecified atom stereocenters. The number of carbonyl (C=O) groups excluding carboxylic acids is 1. The van der Waals surface area contributed by atoms with Gasteiger partial charge in [0.15, 0.2) is 5.43 Å². The Bertz CT molecular complexity index is 1000. The molecule has 27 heavy (non-hydrogen) atoms. The van der Waals surface area contributed by atoms with Crippen LogP contribution in [0.5, 0.6) is 11.5 Å². The molecule has 0 fully saturated rings. The molecule has 0 bridgehead atoms. The average molecular weight is 367 g/mol. The highest BCUT2D eigenvalue weighted by atomic mass is 16.5. The Hall–Kier alpha value is -3.12. The number of ether oxygens (including phenoxy) is 1. The maximum absolute atomic E-state index is 12.7. The zero-order valence-electron chi connectivity index (χ0n) is 15.3. The van der Waals surface area contributed by atoms with Gasteiger partial charge in [-0.3, -0.25) is 14.5 Å². The van der Waals surface area contributed by atoms with Crippen molar-refractivity contribution in [2.45, 2.75) is 13.8 Å². The first kappa shape index (κ1) is 18.7. The van der Waals surface area contributed by atoms with Crippen molar-refractivity contribution in [3.8, 4) is 22.6 Å². The Morgan fingerprint density at radius 1 is 1.11 bits per heavy atom. The topological polar surface area (TPSA) is 80.0 Å². The van der Waals surface area contributed by atoms with E-state index >= 15 is 0 Å². The SMILES string of the molecule is CCN(CC)CC(=O)Oc1ccc2c(=O)c(-c3ccc(O)cc3)coc2c1. The second kappa shape index (κ2) is 8.05. The molecule has 0 amide bonds. The second-order valence-corrected chi connectivity index (χ2v) is 6.12.